The Morgan fingerprint density at radius 2 is 0.793 bits per heavy atom. The highest BCUT2D eigenvalue weighted by Gasteiger charge is 2.36. The van der Waals surface area contributed by atoms with Crippen LogP contribution >= 0.6 is 0 Å². The van der Waals surface area contributed by atoms with Gasteiger partial charge in [-0.05, 0) is 12.1 Å². The van der Waals surface area contributed by atoms with Crippen molar-refractivity contribution in [1.82, 2.24) is 0 Å². The molecule has 5 heteroatoms. The first-order chi connectivity index (χ1) is 14.2. The zero-order valence-electron chi connectivity index (χ0n) is 20.3. The van der Waals surface area contributed by atoms with Gasteiger partial charge in [0.2, 0.25) is 0 Å². The van der Waals surface area contributed by atoms with E-state index in [1.807, 2.05) is 0 Å². The fraction of sp³-hybridized carbons (Fsp3) is 1.00. The van der Waals surface area contributed by atoms with E-state index in [-0.39, 0.29) is 0 Å². The molecule has 0 aliphatic rings. The smallest absolute Gasteiger partial charge is 0.338 e. The summed E-state index contributed by atoms with van der Waals surface area (Å²) < 4.78 is 23.4. The predicted molar refractivity (Wildman–Crippen MR) is 127 cm³/mol. The number of rotatable bonds is 24. The van der Waals surface area contributed by atoms with Crippen molar-refractivity contribution in [3.8, 4) is 0 Å². The third-order valence-corrected chi connectivity index (χ3v) is 9.32. The van der Waals surface area contributed by atoms with Crippen LogP contribution in [0.25, 0.3) is 0 Å². The molecule has 0 bridgehead atoms. The van der Waals surface area contributed by atoms with Crippen molar-refractivity contribution in [1.29, 1.82) is 0 Å². The summed E-state index contributed by atoms with van der Waals surface area (Å²) >= 11 is 0. The molecular weight excluding hydrogens is 380 g/mol. The molecule has 0 aliphatic heterocycles. The van der Waals surface area contributed by atoms with Gasteiger partial charge in [0.15, 0.2) is 0 Å². The van der Waals surface area contributed by atoms with Crippen molar-refractivity contribution >= 4 is 8.56 Å². The maximum absolute atomic E-state index is 6.44. The monoisotopic (exact) mass is 432 g/mol. The third kappa shape index (κ3) is 18.5. The van der Waals surface area contributed by atoms with Gasteiger partial charge in [-0.2, -0.15) is 0 Å². The van der Waals surface area contributed by atoms with E-state index in [2.05, 4.69) is 13.8 Å². The highest BCUT2D eigenvalue weighted by molar-refractivity contribution is 6.67. The van der Waals surface area contributed by atoms with Crippen LogP contribution in [0.4, 0.5) is 0 Å². The lowest BCUT2D eigenvalue weighted by molar-refractivity contribution is 0.0849. The van der Waals surface area contributed by atoms with E-state index in [0.29, 0.717) is 26.4 Å². The summed E-state index contributed by atoms with van der Waals surface area (Å²) in [5.74, 6) is 0. The quantitative estimate of drug-likeness (QED) is 0.119. The predicted octanol–water partition coefficient (Wildman–Crippen LogP) is 7.26. The molecule has 0 rings (SSSR count). The fourth-order valence-corrected chi connectivity index (χ4v) is 7.18. The maximum Gasteiger partial charge on any atom is 0.338 e. The van der Waals surface area contributed by atoms with Gasteiger partial charge in [-0.15, -0.1) is 0 Å². The van der Waals surface area contributed by atoms with E-state index < -0.39 is 8.56 Å². The third-order valence-electron chi connectivity index (χ3n) is 5.63. The van der Waals surface area contributed by atoms with Gasteiger partial charge in [0.1, 0.15) is 0 Å². The van der Waals surface area contributed by atoms with E-state index in [1.54, 1.807) is 14.2 Å². The topological polar surface area (TPSA) is 36.9 Å². The normalized spacial score (nSPS) is 12.0. The Kier molecular flexibility index (Phi) is 22.8. The average Bonchev–Trinajstić information content (AvgIpc) is 2.73. The fourth-order valence-electron chi connectivity index (χ4n) is 3.78. The van der Waals surface area contributed by atoms with E-state index in [1.165, 1.54) is 89.9 Å². The SMILES string of the molecule is CCCCCCCCC[Si](CCCCCCCCC)(OCCOC)OCCOC. The minimum atomic E-state index is -2.18. The summed E-state index contributed by atoms with van der Waals surface area (Å²) in [5.41, 5.74) is 0. The minimum absolute atomic E-state index is 0.649. The van der Waals surface area contributed by atoms with Gasteiger partial charge >= 0.3 is 8.56 Å². The van der Waals surface area contributed by atoms with Crippen LogP contribution in [0.15, 0.2) is 0 Å². The number of unbranched alkanes of at least 4 members (excludes halogenated alkanes) is 12. The highest BCUT2D eigenvalue weighted by atomic mass is 28.4. The van der Waals surface area contributed by atoms with Crippen molar-refractivity contribution in [3.05, 3.63) is 0 Å². The molecule has 0 aromatic carbocycles. The van der Waals surface area contributed by atoms with Crippen LogP contribution in [0, 0.1) is 0 Å². The molecular formula is C24H52O4Si. The Labute approximate surface area is 183 Å². The van der Waals surface area contributed by atoms with Crippen molar-refractivity contribution in [2.75, 3.05) is 40.6 Å². The lowest BCUT2D eigenvalue weighted by atomic mass is 10.1. The summed E-state index contributed by atoms with van der Waals surface area (Å²) in [7, 11) is 1.30. The molecule has 0 amide bonds. The Morgan fingerprint density at radius 3 is 1.14 bits per heavy atom. The summed E-state index contributed by atoms with van der Waals surface area (Å²) in [6, 6.07) is 2.23. The van der Waals surface area contributed by atoms with Gasteiger partial charge < -0.3 is 18.3 Å². The van der Waals surface area contributed by atoms with E-state index in [4.69, 9.17) is 18.3 Å². The maximum atomic E-state index is 6.44. The summed E-state index contributed by atoms with van der Waals surface area (Å²) in [5, 5.41) is 0. The Morgan fingerprint density at radius 1 is 0.448 bits per heavy atom. The molecule has 0 spiro atoms. The molecule has 0 aromatic rings. The van der Waals surface area contributed by atoms with Crippen LogP contribution in [0.2, 0.25) is 12.1 Å². The van der Waals surface area contributed by atoms with Crippen molar-refractivity contribution in [2.45, 2.75) is 116 Å². The molecule has 0 atom stereocenters. The Bertz CT molecular complexity index is 285. The lowest BCUT2D eigenvalue weighted by Crippen LogP contribution is -2.43. The van der Waals surface area contributed by atoms with Gasteiger partial charge in [-0.25, -0.2) is 0 Å². The summed E-state index contributed by atoms with van der Waals surface area (Å²) in [6.45, 7) is 7.16. The standard InChI is InChI=1S/C24H52O4Si/c1-5-7-9-11-13-15-17-23-29(27-21-19-25-3,28-22-20-26-4)24-18-16-14-12-10-8-6-2/h5-24H2,1-4H3. The highest BCUT2D eigenvalue weighted by Crippen LogP contribution is 2.26. The Balaban J connectivity index is 4.48. The van der Waals surface area contributed by atoms with E-state index >= 15 is 0 Å². The molecule has 29 heavy (non-hydrogen) atoms. The van der Waals surface area contributed by atoms with Gasteiger partial charge in [0.25, 0.3) is 0 Å². The molecule has 0 unspecified atom stereocenters. The first-order valence-electron chi connectivity index (χ1n) is 12.5. The molecule has 0 aromatic heterocycles. The summed E-state index contributed by atoms with van der Waals surface area (Å²) in [6.07, 6.45) is 18.6. The van der Waals surface area contributed by atoms with Crippen LogP contribution in [-0.4, -0.2) is 49.2 Å². The zero-order chi connectivity index (χ0) is 21.5. The van der Waals surface area contributed by atoms with Crippen LogP contribution in [0.3, 0.4) is 0 Å². The van der Waals surface area contributed by atoms with Gasteiger partial charge in [-0.3, -0.25) is 0 Å². The van der Waals surface area contributed by atoms with E-state index in [0.717, 1.165) is 12.1 Å². The molecule has 0 fully saturated rings. The number of hydrogen-bond acceptors (Lipinski definition) is 4. The Hall–Kier alpha value is 0.0569. The molecule has 4 nitrogen and oxygen atoms in total. The molecule has 0 N–H and O–H groups in total. The number of methoxy groups -OCH3 is 2. The number of hydrogen-bond donors (Lipinski definition) is 0. The molecule has 176 valence electrons. The minimum Gasteiger partial charge on any atom is -0.392 e. The largest absolute Gasteiger partial charge is 0.392 e. The van der Waals surface area contributed by atoms with Gasteiger partial charge in [0, 0.05) is 14.2 Å². The molecule has 0 radical (unpaired) electrons. The van der Waals surface area contributed by atoms with Gasteiger partial charge in [-0.1, -0.05) is 104 Å². The van der Waals surface area contributed by atoms with E-state index in [9.17, 15) is 0 Å². The summed E-state index contributed by atoms with van der Waals surface area (Å²) in [4.78, 5) is 0. The van der Waals surface area contributed by atoms with Crippen LogP contribution in [-0.2, 0) is 18.3 Å². The van der Waals surface area contributed by atoms with Crippen molar-refractivity contribution < 1.29 is 18.3 Å². The molecule has 0 saturated heterocycles. The van der Waals surface area contributed by atoms with Crippen LogP contribution < -0.4 is 0 Å². The average molecular weight is 433 g/mol. The van der Waals surface area contributed by atoms with Crippen LogP contribution in [0.1, 0.15) is 104 Å². The van der Waals surface area contributed by atoms with Crippen LogP contribution in [0.5, 0.6) is 0 Å². The number of ether oxygens (including phenoxy) is 2. The first kappa shape index (κ1) is 29.1. The second-order valence-corrected chi connectivity index (χ2v) is 11.7. The second kappa shape index (κ2) is 22.7. The molecule has 0 heterocycles. The van der Waals surface area contributed by atoms with Gasteiger partial charge in [0.05, 0.1) is 26.4 Å². The van der Waals surface area contributed by atoms with Crippen molar-refractivity contribution in [2.24, 2.45) is 0 Å². The molecule has 0 saturated carbocycles. The lowest BCUT2D eigenvalue weighted by Gasteiger charge is -2.31. The second-order valence-electron chi connectivity index (χ2n) is 8.34. The zero-order valence-corrected chi connectivity index (χ0v) is 21.3. The first-order valence-corrected chi connectivity index (χ1v) is 14.7. The van der Waals surface area contributed by atoms with Crippen molar-refractivity contribution in [3.63, 3.8) is 0 Å². The molecule has 0 aliphatic carbocycles.